The number of carboxylic acids is 1. The molecular formula is C12H9F3O4. The van der Waals surface area contributed by atoms with E-state index in [4.69, 9.17) is 9.52 Å². The van der Waals surface area contributed by atoms with Gasteiger partial charge in [0.15, 0.2) is 6.10 Å². The van der Waals surface area contributed by atoms with Crippen LogP contribution in [0.4, 0.5) is 13.2 Å². The predicted octanol–water partition coefficient (Wildman–Crippen LogP) is 2.88. The Morgan fingerprint density at radius 2 is 2.00 bits per heavy atom. The minimum absolute atomic E-state index is 0.0541. The Labute approximate surface area is 105 Å². The Kier molecular flexibility index (Phi) is 3.01. The molecule has 1 aromatic carbocycles. The van der Waals surface area contributed by atoms with Crippen molar-refractivity contribution in [1.29, 1.82) is 0 Å². The number of aliphatic carboxylic acids is 1. The van der Waals surface area contributed by atoms with Crippen LogP contribution >= 0.6 is 0 Å². The molecule has 19 heavy (non-hydrogen) atoms. The number of aliphatic hydroxyl groups excluding tert-OH is 1. The number of rotatable bonds is 2. The number of aliphatic hydroxyl groups is 1. The maximum absolute atomic E-state index is 12.9. The van der Waals surface area contributed by atoms with E-state index >= 15 is 0 Å². The van der Waals surface area contributed by atoms with Crippen LogP contribution in [0.3, 0.4) is 0 Å². The Morgan fingerprint density at radius 3 is 2.53 bits per heavy atom. The van der Waals surface area contributed by atoms with Crippen molar-refractivity contribution >= 4 is 16.9 Å². The third-order valence-electron chi connectivity index (χ3n) is 2.75. The largest absolute Gasteiger partial charge is 0.479 e. The Balaban J connectivity index is 2.84. The molecule has 0 amide bonds. The van der Waals surface area contributed by atoms with Crippen molar-refractivity contribution in [2.75, 3.05) is 0 Å². The van der Waals surface area contributed by atoms with E-state index in [1.165, 1.54) is 13.0 Å². The van der Waals surface area contributed by atoms with E-state index < -0.39 is 29.2 Å². The Morgan fingerprint density at radius 1 is 1.37 bits per heavy atom. The zero-order valence-corrected chi connectivity index (χ0v) is 9.65. The fourth-order valence-corrected chi connectivity index (χ4v) is 1.98. The van der Waals surface area contributed by atoms with E-state index in [1.54, 1.807) is 0 Å². The minimum atomic E-state index is -4.66. The highest BCUT2D eigenvalue weighted by Gasteiger charge is 2.36. The van der Waals surface area contributed by atoms with E-state index in [0.29, 0.717) is 0 Å². The molecule has 1 atom stereocenters. The molecule has 2 N–H and O–H groups in total. The van der Waals surface area contributed by atoms with Crippen LogP contribution in [0.25, 0.3) is 11.0 Å². The highest BCUT2D eigenvalue weighted by Crippen LogP contribution is 2.40. The molecule has 1 unspecified atom stereocenters. The van der Waals surface area contributed by atoms with Gasteiger partial charge in [-0.05, 0) is 19.1 Å². The third-order valence-corrected chi connectivity index (χ3v) is 2.75. The van der Waals surface area contributed by atoms with Gasteiger partial charge in [-0.3, -0.25) is 0 Å². The molecule has 0 aliphatic rings. The predicted molar refractivity (Wildman–Crippen MR) is 58.5 cm³/mol. The lowest BCUT2D eigenvalue weighted by Crippen LogP contribution is -2.13. The SMILES string of the molecule is Cc1oc2cccc(C(F)(F)F)c2c1C(O)C(=O)O. The van der Waals surface area contributed by atoms with Crippen molar-refractivity contribution in [3.8, 4) is 0 Å². The van der Waals surface area contributed by atoms with Gasteiger partial charge in [0, 0.05) is 10.9 Å². The summed E-state index contributed by atoms with van der Waals surface area (Å²) in [4.78, 5) is 10.8. The van der Waals surface area contributed by atoms with Crippen molar-refractivity contribution < 1.29 is 32.6 Å². The first-order valence-corrected chi connectivity index (χ1v) is 5.23. The van der Waals surface area contributed by atoms with Gasteiger partial charge in [-0.15, -0.1) is 0 Å². The lowest BCUT2D eigenvalue weighted by atomic mass is 10.0. The van der Waals surface area contributed by atoms with Crippen LogP contribution in [0.2, 0.25) is 0 Å². The van der Waals surface area contributed by atoms with Crippen LogP contribution < -0.4 is 0 Å². The van der Waals surface area contributed by atoms with E-state index in [-0.39, 0.29) is 16.9 Å². The molecule has 102 valence electrons. The van der Waals surface area contributed by atoms with Gasteiger partial charge in [0.1, 0.15) is 11.3 Å². The number of aryl methyl sites for hydroxylation is 1. The monoisotopic (exact) mass is 274 g/mol. The van der Waals surface area contributed by atoms with Crippen molar-refractivity contribution in [2.45, 2.75) is 19.2 Å². The average Bonchev–Trinajstić information content (AvgIpc) is 2.62. The zero-order valence-electron chi connectivity index (χ0n) is 9.65. The summed E-state index contributed by atoms with van der Waals surface area (Å²) in [6, 6.07) is 3.26. The van der Waals surface area contributed by atoms with E-state index in [9.17, 15) is 23.1 Å². The Bertz CT molecular complexity index is 642. The summed E-state index contributed by atoms with van der Waals surface area (Å²) in [7, 11) is 0. The smallest absolute Gasteiger partial charge is 0.417 e. The molecule has 0 bridgehead atoms. The van der Waals surface area contributed by atoms with Gasteiger partial charge < -0.3 is 14.6 Å². The van der Waals surface area contributed by atoms with Crippen molar-refractivity contribution in [3.05, 3.63) is 35.1 Å². The van der Waals surface area contributed by atoms with E-state index in [1.807, 2.05) is 0 Å². The topological polar surface area (TPSA) is 70.7 Å². The summed E-state index contributed by atoms with van der Waals surface area (Å²) in [5.74, 6) is -1.69. The number of benzene rings is 1. The summed E-state index contributed by atoms with van der Waals surface area (Å²) in [5, 5.41) is 17.9. The minimum Gasteiger partial charge on any atom is -0.479 e. The summed E-state index contributed by atoms with van der Waals surface area (Å²) >= 11 is 0. The van der Waals surface area contributed by atoms with Crippen molar-refractivity contribution in [1.82, 2.24) is 0 Å². The standard InChI is InChI=1S/C12H9F3O4/c1-5-8(10(16)11(17)18)9-6(12(13,14)15)3-2-4-7(9)19-5/h2-4,10,16H,1H3,(H,17,18). The molecule has 1 heterocycles. The number of furan rings is 1. The molecule has 1 aromatic heterocycles. The molecule has 2 rings (SSSR count). The van der Waals surface area contributed by atoms with Crippen LogP contribution in [-0.2, 0) is 11.0 Å². The fourth-order valence-electron chi connectivity index (χ4n) is 1.98. The van der Waals surface area contributed by atoms with Gasteiger partial charge in [0.05, 0.1) is 5.56 Å². The van der Waals surface area contributed by atoms with Gasteiger partial charge in [-0.2, -0.15) is 13.2 Å². The number of carboxylic acid groups (broad SMARTS) is 1. The number of hydrogen-bond acceptors (Lipinski definition) is 3. The number of halogens is 3. The zero-order chi connectivity index (χ0) is 14.4. The molecule has 0 fully saturated rings. The second-order valence-electron chi connectivity index (χ2n) is 3.99. The Hall–Kier alpha value is -2.02. The van der Waals surface area contributed by atoms with Crippen LogP contribution in [0.15, 0.2) is 22.6 Å². The normalized spacial score (nSPS) is 13.7. The first kappa shape index (κ1) is 13.4. The van der Waals surface area contributed by atoms with Gasteiger partial charge in [-0.25, -0.2) is 4.79 Å². The molecule has 0 saturated heterocycles. The fraction of sp³-hybridized carbons (Fsp3) is 0.250. The maximum Gasteiger partial charge on any atom is 0.417 e. The van der Waals surface area contributed by atoms with Gasteiger partial charge in [0.25, 0.3) is 0 Å². The summed E-state index contributed by atoms with van der Waals surface area (Å²) in [6.07, 6.45) is -6.73. The maximum atomic E-state index is 12.9. The number of alkyl halides is 3. The highest BCUT2D eigenvalue weighted by atomic mass is 19.4. The first-order chi connectivity index (χ1) is 8.73. The second kappa shape index (κ2) is 4.27. The summed E-state index contributed by atoms with van der Waals surface area (Å²) in [6.45, 7) is 1.31. The first-order valence-electron chi connectivity index (χ1n) is 5.23. The highest BCUT2D eigenvalue weighted by molar-refractivity contribution is 5.91. The molecule has 2 aromatic rings. The van der Waals surface area contributed by atoms with Gasteiger partial charge >= 0.3 is 12.1 Å². The van der Waals surface area contributed by atoms with Crippen molar-refractivity contribution in [3.63, 3.8) is 0 Å². The molecule has 0 radical (unpaired) electrons. The van der Waals surface area contributed by atoms with E-state index in [2.05, 4.69) is 0 Å². The lowest BCUT2D eigenvalue weighted by molar-refractivity contribution is -0.147. The third kappa shape index (κ3) is 2.17. The van der Waals surface area contributed by atoms with Crippen LogP contribution in [0.1, 0.15) is 23.0 Å². The summed E-state index contributed by atoms with van der Waals surface area (Å²) in [5.41, 5.74) is -1.50. The number of hydrogen-bond donors (Lipinski definition) is 2. The molecule has 0 saturated carbocycles. The second-order valence-corrected chi connectivity index (χ2v) is 3.99. The lowest BCUT2D eigenvalue weighted by Gasteiger charge is -2.10. The van der Waals surface area contributed by atoms with Gasteiger partial charge in [0.2, 0.25) is 0 Å². The van der Waals surface area contributed by atoms with Crippen LogP contribution in [-0.4, -0.2) is 16.2 Å². The van der Waals surface area contributed by atoms with Gasteiger partial charge in [-0.1, -0.05) is 6.07 Å². The van der Waals surface area contributed by atoms with Crippen LogP contribution in [0.5, 0.6) is 0 Å². The van der Waals surface area contributed by atoms with E-state index in [0.717, 1.165) is 12.1 Å². The summed E-state index contributed by atoms with van der Waals surface area (Å²) < 4.78 is 43.8. The molecule has 0 spiro atoms. The van der Waals surface area contributed by atoms with Crippen molar-refractivity contribution in [2.24, 2.45) is 0 Å². The number of carbonyl (C=O) groups is 1. The quantitative estimate of drug-likeness (QED) is 0.883. The van der Waals surface area contributed by atoms with Crippen LogP contribution in [0, 0.1) is 6.92 Å². The molecule has 0 aliphatic carbocycles. The number of fused-ring (bicyclic) bond motifs is 1. The molecule has 0 aliphatic heterocycles. The molecule has 4 nitrogen and oxygen atoms in total. The molecular weight excluding hydrogens is 265 g/mol. The molecule has 7 heteroatoms. The average molecular weight is 274 g/mol.